The predicted molar refractivity (Wildman–Crippen MR) is 57.7 cm³/mol. The van der Waals surface area contributed by atoms with Crippen LogP contribution in [0, 0.1) is 0 Å². The highest BCUT2D eigenvalue weighted by molar-refractivity contribution is 5.98. The molecule has 1 aromatic carbocycles. The fraction of sp³-hybridized carbons (Fsp3) is 0.250. The molecule has 0 fully saturated rings. The van der Waals surface area contributed by atoms with Gasteiger partial charge in [-0.3, -0.25) is 4.79 Å². The van der Waals surface area contributed by atoms with Crippen LogP contribution < -0.4 is 0 Å². The highest BCUT2D eigenvalue weighted by Crippen LogP contribution is 2.23. The molecule has 0 unspecified atom stereocenters. The molecule has 0 radical (unpaired) electrons. The molecule has 1 heterocycles. The maximum absolute atomic E-state index is 10.8. The highest BCUT2D eigenvalue weighted by atomic mass is 16.1. The number of rotatable bonds is 2. The van der Waals surface area contributed by atoms with E-state index in [1.54, 1.807) is 0 Å². The Bertz CT molecular complexity index is 482. The summed E-state index contributed by atoms with van der Waals surface area (Å²) in [5.41, 5.74) is 3.24. The fourth-order valence-electron chi connectivity index (χ4n) is 1.96. The third-order valence-corrected chi connectivity index (χ3v) is 2.62. The Morgan fingerprint density at radius 2 is 2.21 bits per heavy atom. The van der Waals surface area contributed by atoms with Gasteiger partial charge in [0, 0.05) is 24.2 Å². The molecule has 0 atom stereocenters. The molecule has 0 bridgehead atoms. The summed E-state index contributed by atoms with van der Waals surface area (Å²) in [5, 5.41) is 1.06. The number of para-hydroxylation sites is 1. The number of aromatic nitrogens is 1. The second-order valence-corrected chi connectivity index (χ2v) is 3.48. The zero-order chi connectivity index (χ0) is 10.1. The Balaban J connectivity index is 2.87. The van der Waals surface area contributed by atoms with Gasteiger partial charge < -0.3 is 4.57 Å². The van der Waals surface area contributed by atoms with Gasteiger partial charge in [0.15, 0.2) is 6.29 Å². The van der Waals surface area contributed by atoms with E-state index >= 15 is 0 Å². The maximum Gasteiger partial charge on any atom is 0.152 e. The van der Waals surface area contributed by atoms with Crippen LogP contribution in [0.2, 0.25) is 0 Å². The molecule has 0 aliphatic carbocycles. The van der Waals surface area contributed by atoms with Crippen LogP contribution >= 0.6 is 0 Å². The van der Waals surface area contributed by atoms with Gasteiger partial charge in [-0.15, -0.1) is 0 Å². The number of aldehydes is 1. The third kappa shape index (κ3) is 1.15. The number of carbonyl (C=O) groups excluding carboxylic acids is 1. The van der Waals surface area contributed by atoms with E-state index in [2.05, 4.69) is 13.0 Å². The van der Waals surface area contributed by atoms with Crippen LogP contribution in [-0.4, -0.2) is 10.9 Å². The highest BCUT2D eigenvalue weighted by Gasteiger charge is 2.07. The van der Waals surface area contributed by atoms with Crippen molar-refractivity contribution in [3.63, 3.8) is 0 Å². The Morgan fingerprint density at radius 1 is 1.43 bits per heavy atom. The number of benzene rings is 1. The smallest absolute Gasteiger partial charge is 0.152 e. The zero-order valence-electron chi connectivity index (χ0n) is 8.45. The molecular weight excluding hydrogens is 174 g/mol. The van der Waals surface area contributed by atoms with E-state index in [0.717, 1.165) is 23.7 Å². The lowest BCUT2D eigenvalue weighted by atomic mass is 10.1. The topological polar surface area (TPSA) is 22.0 Å². The van der Waals surface area contributed by atoms with Crippen LogP contribution in [0.3, 0.4) is 0 Å². The summed E-state index contributed by atoms with van der Waals surface area (Å²) in [6.07, 6.45) is 3.80. The first-order valence-corrected chi connectivity index (χ1v) is 4.80. The van der Waals surface area contributed by atoms with Gasteiger partial charge in [0.05, 0.1) is 5.52 Å². The fourth-order valence-corrected chi connectivity index (χ4v) is 1.96. The second-order valence-electron chi connectivity index (χ2n) is 3.48. The Kier molecular flexibility index (Phi) is 2.12. The van der Waals surface area contributed by atoms with E-state index in [1.165, 1.54) is 11.1 Å². The lowest BCUT2D eigenvalue weighted by Gasteiger charge is -2.02. The first-order valence-electron chi connectivity index (χ1n) is 4.80. The van der Waals surface area contributed by atoms with Gasteiger partial charge in [0.2, 0.25) is 0 Å². The monoisotopic (exact) mass is 187 g/mol. The average Bonchev–Trinajstić information content (AvgIpc) is 2.55. The van der Waals surface area contributed by atoms with Gasteiger partial charge >= 0.3 is 0 Å². The van der Waals surface area contributed by atoms with Crippen LogP contribution in [0.5, 0.6) is 0 Å². The van der Waals surface area contributed by atoms with Gasteiger partial charge in [-0.25, -0.2) is 0 Å². The van der Waals surface area contributed by atoms with Crippen LogP contribution in [0.15, 0.2) is 24.4 Å². The lowest BCUT2D eigenvalue weighted by Crippen LogP contribution is -1.89. The van der Waals surface area contributed by atoms with Gasteiger partial charge in [-0.1, -0.05) is 25.1 Å². The molecule has 2 heteroatoms. The summed E-state index contributed by atoms with van der Waals surface area (Å²) < 4.78 is 2.03. The molecule has 0 aliphatic heterocycles. The van der Waals surface area contributed by atoms with Gasteiger partial charge in [0.25, 0.3) is 0 Å². The van der Waals surface area contributed by atoms with E-state index in [9.17, 15) is 4.79 Å². The summed E-state index contributed by atoms with van der Waals surface area (Å²) in [4.78, 5) is 10.8. The van der Waals surface area contributed by atoms with Crippen LogP contribution in [0.4, 0.5) is 0 Å². The molecule has 0 amide bonds. The van der Waals surface area contributed by atoms with E-state index in [1.807, 2.05) is 29.9 Å². The minimum atomic E-state index is 0.776. The molecule has 0 aliphatic rings. The first kappa shape index (κ1) is 9.00. The van der Waals surface area contributed by atoms with Crippen LogP contribution in [0.1, 0.15) is 22.8 Å². The molecule has 0 N–H and O–H groups in total. The van der Waals surface area contributed by atoms with Crippen LogP contribution in [-0.2, 0) is 13.5 Å². The van der Waals surface area contributed by atoms with Gasteiger partial charge in [-0.2, -0.15) is 0 Å². The van der Waals surface area contributed by atoms with Crippen molar-refractivity contribution in [2.24, 2.45) is 7.05 Å². The van der Waals surface area contributed by atoms with E-state index in [-0.39, 0.29) is 0 Å². The standard InChI is InChI=1S/C12H13NO/c1-3-9-5-4-6-11-10(8-14)7-13(2)12(9)11/h4-8H,3H2,1-2H3. The predicted octanol–water partition coefficient (Wildman–Crippen LogP) is 2.55. The maximum atomic E-state index is 10.8. The molecule has 0 saturated carbocycles. The molecule has 14 heavy (non-hydrogen) atoms. The number of hydrogen-bond donors (Lipinski definition) is 0. The molecule has 2 rings (SSSR count). The van der Waals surface area contributed by atoms with Gasteiger partial charge in [-0.05, 0) is 12.0 Å². The lowest BCUT2D eigenvalue weighted by molar-refractivity contribution is 0.112. The molecule has 2 nitrogen and oxygen atoms in total. The normalized spacial score (nSPS) is 10.7. The number of hydrogen-bond acceptors (Lipinski definition) is 1. The Hall–Kier alpha value is -1.57. The minimum absolute atomic E-state index is 0.776. The van der Waals surface area contributed by atoms with Gasteiger partial charge in [0.1, 0.15) is 0 Å². The summed E-state index contributed by atoms with van der Waals surface area (Å²) >= 11 is 0. The van der Waals surface area contributed by atoms with Crippen molar-refractivity contribution < 1.29 is 4.79 Å². The SMILES string of the molecule is CCc1cccc2c(C=O)cn(C)c12. The average molecular weight is 187 g/mol. The quantitative estimate of drug-likeness (QED) is 0.662. The van der Waals surface area contributed by atoms with E-state index < -0.39 is 0 Å². The van der Waals surface area contributed by atoms with Crippen molar-refractivity contribution in [1.29, 1.82) is 0 Å². The second kappa shape index (κ2) is 3.29. The molecule has 72 valence electrons. The Morgan fingerprint density at radius 3 is 2.86 bits per heavy atom. The van der Waals surface area contributed by atoms with E-state index in [4.69, 9.17) is 0 Å². The third-order valence-electron chi connectivity index (χ3n) is 2.62. The molecule has 0 spiro atoms. The largest absolute Gasteiger partial charge is 0.350 e. The molecular formula is C12H13NO. The number of carbonyl (C=O) groups is 1. The summed E-state index contributed by atoms with van der Waals surface area (Å²) in [7, 11) is 1.98. The van der Waals surface area contributed by atoms with Crippen molar-refractivity contribution >= 4 is 17.2 Å². The number of aryl methyl sites for hydroxylation is 2. The van der Waals surface area contributed by atoms with E-state index in [0.29, 0.717) is 0 Å². The molecule has 2 aromatic rings. The molecule has 0 saturated heterocycles. The van der Waals surface area contributed by atoms with Crippen molar-refractivity contribution in [2.45, 2.75) is 13.3 Å². The summed E-state index contributed by atoms with van der Waals surface area (Å²) in [5.74, 6) is 0. The summed E-state index contributed by atoms with van der Waals surface area (Å²) in [6, 6.07) is 6.11. The van der Waals surface area contributed by atoms with Crippen LogP contribution in [0.25, 0.3) is 10.9 Å². The van der Waals surface area contributed by atoms with Crippen molar-refractivity contribution in [1.82, 2.24) is 4.57 Å². The first-order chi connectivity index (χ1) is 6.77. The minimum Gasteiger partial charge on any atom is -0.350 e. The number of nitrogens with zero attached hydrogens (tertiary/aromatic N) is 1. The van der Waals surface area contributed by atoms with Crippen molar-refractivity contribution in [3.05, 3.63) is 35.5 Å². The zero-order valence-corrected chi connectivity index (χ0v) is 8.45. The summed E-state index contributed by atoms with van der Waals surface area (Å²) in [6.45, 7) is 2.13. The van der Waals surface area contributed by atoms with Crippen molar-refractivity contribution in [2.75, 3.05) is 0 Å². The Labute approximate surface area is 83.2 Å². The van der Waals surface area contributed by atoms with Crippen molar-refractivity contribution in [3.8, 4) is 0 Å². The number of fused-ring (bicyclic) bond motifs is 1. The molecule has 1 aromatic heterocycles.